The minimum absolute atomic E-state index is 0.0695. The number of amides is 2. The third-order valence-corrected chi connectivity index (χ3v) is 4.27. The summed E-state index contributed by atoms with van der Waals surface area (Å²) in [6.45, 7) is 5.24. The first-order chi connectivity index (χ1) is 11.3. The van der Waals surface area contributed by atoms with E-state index in [-0.39, 0.29) is 31.3 Å². The number of alkyl halides is 3. The molecule has 0 bridgehead atoms. The van der Waals surface area contributed by atoms with E-state index in [1.165, 1.54) is 11.0 Å². The predicted octanol–water partition coefficient (Wildman–Crippen LogP) is 2.92. The Bertz CT molecular complexity index is 612. The van der Waals surface area contributed by atoms with Crippen molar-refractivity contribution in [3.05, 3.63) is 35.4 Å². The van der Waals surface area contributed by atoms with Crippen LogP contribution in [-0.4, -0.2) is 41.2 Å². The van der Waals surface area contributed by atoms with E-state index in [9.17, 15) is 22.8 Å². The van der Waals surface area contributed by atoms with Crippen LogP contribution in [0.1, 0.15) is 31.4 Å². The van der Waals surface area contributed by atoms with Gasteiger partial charge in [0.15, 0.2) is 0 Å². The van der Waals surface area contributed by atoms with E-state index < -0.39 is 17.7 Å². The van der Waals surface area contributed by atoms with Crippen molar-refractivity contribution in [2.75, 3.05) is 19.6 Å². The van der Waals surface area contributed by atoms with E-state index in [2.05, 4.69) is 0 Å². The third kappa shape index (κ3) is 4.07. The Balaban J connectivity index is 2.06. The third-order valence-electron chi connectivity index (χ3n) is 4.27. The number of rotatable bonds is 5. The van der Waals surface area contributed by atoms with E-state index in [0.29, 0.717) is 18.7 Å². The molecule has 4 nitrogen and oxygen atoms in total. The zero-order valence-corrected chi connectivity index (χ0v) is 13.8. The summed E-state index contributed by atoms with van der Waals surface area (Å²) < 4.78 is 38.3. The molecule has 1 aliphatic rings. The molecule has 0 aromatic heterocycles. The average molecular weight is 342 g/mol. The highest BCUT2D eigenvalue weighted by atomic mass is 19.4. The van der Waals surface area contributed by atoms with E-state index in [4.69, 9.17) is 0 Å². The van der Waals surface area contributed by atoms with Gasteiger partial charge in [-0.15, -0.1) is 0 Å². The molecular weight excluding hydrogens is 321 g/mol. The fourth-order valence-electron chi connectivity index (χ4n) is 2.95. The first-order valence-electron chi connectivity index (χ1n) is 7.99. The van der Waals surface area contributed by atoms with Crippen LogP contribution >= 0.6 is 0 Å². The average Bonchev–Trinajstić information content (AvgIpc) is 2.89. The van der Waals surface area contributed by atoms with Gasteiger partial charge in [-0.2, -0.15) is 13.2 Å². The van der Waals surface area contributed by atoms with Crippen LogP contribution < -0.4 is 0 Å². The number of carbonyl (C=O) groups is 2. The van der Waals surface area contributed by atoms with Gasteiger partial charge >= 0.3 is 6.18 Å². The van der Waals surface area contributed by atoms with Gasteiger partial charge in [-0.05, 0) is 31.5 Å². The van der Waals surface area contributed by atoms with Crippen molar-refractivity contribution in [2.24, 2.45) is 5.92 Å². The van der Waals surface area contributed by atoms with E-state index >= 15 is 0 Å². The van der Waals surface area contributed by atoms with Crippen molar-refractivity contribution in [2.45, 2.75) is 33.0 Å². The number of halogens is 3. The number of likely N-dealkylation sites (tertiary alicyclic amines) is 1. The lowest BCUT2D eigenvalue weighted by molar-refractivity contribution is -0.137. The Morgan fingerprint density at radius 3 is 2.54 bits per heavy atom. The molecule has 1 aromatic carbocycles. The largest absolute Gasteiger partial charge is 0.416 e. The lowest BCUT2D eigenvalue weighted by atomic mass is 10.1. The SMILES string of the molecule is CCN(CC)C(=O)[C@@H]1CC(=O)N(Cc2cccc(C(F)(F)F)c2)C1. The molecule has 0 unspecified atom stereocenters. The Morgan fingerprint density at radius 2 is 1.96 bits per heavy atom. The van der Waals surface area contributed by atoms with Crippen molar-refractivity contribution in [3.63, 3.8) is 0 Å². The lowest BCUT2D eigenvalue weighted by Crippen LogP contribution is -2.37. The molecule has 0 N–H and O–H groups in total. The molecule has 0 saturated carbocycles. The van der Waals surface area contributed by atoms with Crippen molar-refractivity contribution in [1.82, 2.24) is 9.80 Å². The maximum Gasteiger partial charge on any atom is 0.416 e. The van der Waals surface area contributed by atoms with Gasteiger partial charge in [0.25, 0.3) is 0 Å². The predicted molar refractivity (Wildman–Crippen MR) is 82.9 cm³/mol. The summed E-state index contributed by atoms with van der Waals surface area (Å²) in [5.74, 6) is -0.680. The minimum atomic E-state index is -4.41. The van der Waals surface area contributed by atoms with Crippen LogP contribution in [0.2, 0.25) is 0 Å². The van der Waals surface area contributed by atoms with Gasteiger partial charge in [-0.3, -0.25) is 9.59 Å². The summed E-state index contributed by atoms with van der Waals surface area (Å²) in [4.78, 5) is 27.6. The number of benzene rings is 1. The van der Waals surface area contributed by atoms with Gasteiger partial charge < -0.3 is 9.80 Å². The molecule has 1 saturated heterocycles. The van der Waals surface area contributed by atoms with Crippen molar-refractivity contribution in [1.29, 1.82) is 0 Å². The monoisotopic (exact) mass is 342 g/mol. The van der Waals surface area contributed by atoms with E-state index in [1.54, 1.807) is 11.0 Å². The van der Waals surface area contributed by atoms with Crippen molar-refractivity contribution >= 4 is 11.8 Å². The second-order valence-electron chi connectivity index (χ2n) is 5.88. The minimum Gasteiger partial charge on any atom is -0.343 e. The molecule has 24 heavy (non-hydrogen) atoms. The summed E-state index contributed by atoms with van der Waals surface area (Å²) in [5.41, 5.74) is -0.323. The van der Waals surface area contributed by atoms with E-state index in [1.807, 2.05) is 13.8 Å². The van der Waals surface area contributed by atoms with Gasteiger partial charge in [0, 0.05) is 32.6 Å². The summed E-state index contributed by atoms with van der Waals surface area (Å²) in [5, 5.41) is 0. The first kappa shape index (κ1) is 18.3. The van der Waals surface area contributed by atoms with Crippen LogP contribution in [0.3, 0.4) is 0 Å². The van der Waals surface area contributed by atoms with Gasteiger partial charge in [-0.25, -0.2) is 0 Å². The highest BCUT2D eigenvalue weighted by Gasteiger charge is 2.36. The molecule has 2 rings (SSSR count). The number of carbonyl (C=O) groups excluding carboxylic acids is 2. The van der Waals surface area contributed by atoms with Crippen LogP contribution in [0.25, 0.3) is 0 Å². The molecular formula is C17H21F3N2O2. The first-order valence-corrected chi connectivity index (χ1v) is 7.99. The fraction of sp³-hybridized carbons (Fsp3) is 0.529. The maximum atomic E-state index is 12.8. The number of hydrogen-bond acceptors (Lipinski definition) is 2. The molecule has 1 aromatic rings. The quantitative estimate of drug-likeness (QED) is 0.825. The summed E-state index contributed by atoms with van der Waals surface area (Å²) in [6, 6.07) is 4.94. The van der Waals surface area contributed by atoms with Crippen LogP contribution in [0.15, 0.2) is 24.3 Å². The second-order valence-corrected chi connectivity index (χ2v) is 5.88. The van der Waals surface area contributed by atoms with Crippen molar-refractivity contribution in [3.8, 4) is 0 Å². The molecule has 1 fully saturated rings. The van der Waals surface area contributed by atoms with Gasteiger partial charge in [0.05, 0.1) is 11.5 Å². The number of nitrogens with zero attached hydrogens (tertiary/aromatic N) is 2. The fourth-order valence-corrected chi connectivity index (χ4v) is 2.95. The topological polar surface area (TPSA) is 40.6 Å². The molecule has 132 valence electrons. The van der Waals surface area contributed by atoms with Crippen LogP contribution in [0.4, 0.5) is 13.2 Å². The van der Waals surface area contributed by atoms with Crippen LogP contribution in [-0.2, 0) is 22.3 Å². The lowest BCUT2D eigenvalue weighted by Gasteiger charge is -2.22. The summed E-state index contributed by atoms with van der Waals surface area (Å²) >= 11 is 0. The normalized spacial score (nSPS) is 18.1. The maximum absolute atomic E-state index is 12.8. The molecule has 2 amide bonds. The zero-order valence-electron chi connectivity index (χ0n) is 13.8. The Morgan fingerprint density at radius 1 is 1.29 bits per heavy atom. The summed E-state index contributed by atoms with van der Waals surface area (Å²) in [6.07, 6.45) is -4.29. The Kier molecular flexibility index (Phi) is 5.51. The molecule has 0 spiro atoms. The molecule has 0 radical (unpaired) electrons. The molecule has 1 heterocycles. The molecule has 1 atom stereocenters. The van der Waals surface area contributed by atoms with Gasteiger partial charge in [0.1, 0.15) is 0 Å². The highest BCUT2D eigenvalue weighted by molar-refractivity contribution is 5.89. The van der Waals surface area contributed by atoms with Crippen molar-refractivity contribution < 1.29 is 22.8 Å². The molecule has 1 aliphatic heterocycles. The smallest absolute Gasteiger partial charge is 0.343 e. The second kappa shape index (κ2) is 7.23. The Labute approximate surface area is 139 Å². The van der Waals surface area contributed by atoms with Crippen LogP contribution in [0.5, 0.6) is 0 Å². The van der Waals surface area contributed by atoms with E-state index in [0.717, 1.165) is 12.1 Å². The molecule has 7 heteroatoms. The highest BCUT2D eigenvalue weighted by Crippen LogP contribution is 2.30. The summed E-state index contributed by atoms with van der Waals surface area (Å²) in [7, 11) is 0. The zero-order chi connectivity index (χ0) is 17.9. The number of hydrogen-bond donors (Lipinski definition) is 0. The van der Waals surface area contributed by atoms with Gasteiger partial charge in [0.2, 0.25) is 11.8 Å². The standard InChI is InChI=1S/C17H21F3N2O2/c1-3-21(4-2)16(24)13-9-15(23)22(11-13)10-12-6-5-7-14(8-12)17(18,19)20/h5-8,13H,3-4,9-11H2,1-2H3/t13-/m1/s1. The van der Waals surface area contributed by atoms with Gasteiger partial charge in [-0.1, -0.05) is 12.1 Å². The van der Waals surface area contributed by atoms with Crippen LogP contribution in [0, 0.1) is 5.92 Å². The molecule has 0 aliphatic carbocycles. The Hall–Kier alpha value is -2.05.